The van der Waals surface area contributed by atoms with E-state index in [1.165, 1.54) is 12.7 Å². The molecule has 0 spiro atoms. The second-order valence-electron chi connectivity index (χ2n) is 6.87. The lowest BCUT2D eigenvalue weighted by Crippen LogP contribution is -2.39. The van der Waals surface area contributed by atoms with Crippen LogP contribution in [0.4, 0.5) is 11.4 Å². The number of ether oxygens (including phenoxy) is 3. The molecule has 29 heavy (non-hydrogen) atoms. The number of aryl methyl sites for hydroxylation is 1. The third-order valence-electron chi connectivity index (χ3n) is 4.53. The van der Waals surface area contributed by atoms with Crippen molar-refractivity contribution in [2.75, 3.05) is 43.7 Å². The highest BCUT2D eigenvalue weighted by Crippen LogP contribution is 2.34. The Kier molecular flexibility index (Phi) is 7.08. The minimum absolute atomic E-state index is 0.0161. The normalized spacial score (nSPS) is 12.9. The van der Waals surface area contributed by atoms with Crippen molar-refractivity contribution in [1.82, 2.24) is 0 Å². The quantitative estimate of drug-likeness (QED) is 0.657. The van der Waals surface area contributed by atoms with Crippen LogP contribution in [0.25, 0.3) is 0 Å². The van der Waals surface area contributed by atoms with Gasteiger partial charge in [0.2, 0.25) is 5.91 Å². The van der Waals surface area contributed by atoms with Crippen LogP contribution in [-0.4, -0.2) is 45.3 Å². The van der Waals surface area contributed by atoms with Crippen molar-refractivity contribution in [2.24, 2.45) is 0 Å². The molecular weight excluding hydrogens is 372 g/mol. The maximum Gasteiger partial charge on any atom is 0.265 e. The zero-order valence-electron chi connectivity index (χ0n) is 16.8. The monoisotopic (exact) mass is 398 g/mol. The number of unbranched alkanes of at least 4 members (excludes halogenated alkanes) is 1. The zero-order valence-corrected chi connectivity index (χ0v) is 16.8. The largest absolute Gasteiger partial charge is 0.494 e. The molecule has 0 unspecified atom stereocenters. The van der Waals surface area contributed by atoms with E-state index in [4.69, 9.17) is 14.2 Å². The van der Waals surface area contributed by atoms with Crippen molar-refractivity contribution in [1.29, 1.82) is 0 Å². The summed E-state index contributed by atoms with van der Waals surface area (Å²) < 4.78 is 16.1. The van der Waals surface area contributed by atoms with Crippen LogP contribution in [0, 0.1) is 6.92 Å². The van der Waals surface area contributed by atoms with Gasteiger partial charge >= 0.3 is 0 Å². The van der Waals surface area contributed by atoms with Crippen molar-refractivity contribution in [3.05, 3.63) is 48.0 Å². The van der Waals surface area contributed by atoms with Gasteiger partial charge in [0.05, 0.1) is 12.3 Å². The standard InChI is InChI=1S/C22H26N2O5/c1-16-5-8-18(9-6-16)28-12-4-3-11-24-19-13-17(23-21(25)14-27-2)7-10-20(19)29-15-22(24)26/h5-10,13H,3-4,11-12,14-15H2,1-2H3,(H,23,25). The number of anilines is 2. The fourth-order valence-corrected chi connectivity index (χ4v) is 3.05. The van der Waals surface area contributed by atoms with Crippen LogP contribution in [0.3, 0.4) is 0 Å². The number of methoxy groups -OCH3 is 1. The van der Waals surface area contributed by atoms with Gasteiger partial charge in [-0.15, -0.1) is 0 Å². The van der Waals surface area contributed by atoms with Gasteiger partial charge in [0.1, 0.15) is 18.1 Å². The highest BCUT2D eigenvalue weighted by atomic mass is 16.5. The summed E-state index contributed by atoms with van der Waals surface area (Å²) in [7, 11) is 1.46. The number of hydrogen-bond donors (Lipinski definition) is 1. The molecule has 2 amide bonds. The first-order valence-electron chi connectivity index (χ1n) is 9.62. The first-order valence-corrected chi connectivity index (χ1v) is 9.62. The highest BCUT2D eigenvalue weighted by Gasteiger charge is 2.25. The smallest absolute Gasteiger partial charge is 0.265 e. The summed E-state index contributed by atoms with van der Waals surface area (Å²) in [6.45, 7) is 3.17. The fraction of sp³-hybridized carbons (Fsp3) is 0.364. The Bertz CT molecular complexity index is 851. The predicted octanol–water partition coefficient (Wildman–Crippen LogP) is 3.16. The molecule has 0 saturated heterocycles. The Morgan fingerprint density at radius 1 is 1.17 bits per heavy atom. The third kappa shape index (κ3) is 5.71. The van der Waals surface area contributed by atoms with Gasteiger partial charge in [-0.3, -0.25) is 9.59 Å². The van der Waals surface area contributed by atoms with Gasteiger partial charge in [-0.2, -0.15) is 0 Å². The molecule has 0 saturated carbocycles. The number of carbonyl (C=O) groups excluding carboxylic acids is 2. The van der Waals surface area contributed by atoms with Crippen molar-refractivity contribution >= 4 is 23.2 Å². The summed E-state index contributed by atoms with van der Waals surface area (Å²) >= 11 is 0. The second-order valence-corrected chi connectivity index (χ2v) is 6.87. The topological polar surface area (TPSA) is 77.1 Å². The van der Waals surface area contributed by atoms with Gasteiger partial charge in [0.25, 0.3) is 5.91 Å². The number of nitrogens with zero attached hydrogens (tertiary/aromatic N) is 1. The lowest BCUT2D eigenvalue weighted by atomic mass is 10.2. The maximum absolute atomic E-state index is 12.4. The van der Waals surface area contributed by atoms with Crippen molar-refractivity contribution < 1.29 is 23.8 Å². The molecule has 0 radical (unpaired) electrons. The highest BCUT2D eigenvalue weighted by molar-refractivity contribution is 5.99. The van der Waals surface area contributed by atoms with Crippen LogP contribution in [0.15, 0.2) is 42.5 Å². The van der Waals surface area contributed by atoms with E-state index in [0.717, 1.165) is 18.6 Å². The van der Waals surface area contributed by atoms with Gasteiger partial charge in [-0.25, -0.2) is 0 Å². The predicted molar refractivity (Wildman–Crippen MR) is 111 cm³/mol. The Labute approximate surface area is 170 Å². The van der Waals surface area contributed by atoms with E-state index in [2.05, 4.69) is 5.32 Å². The summed E-state index contributed by atoms with van der Waals surface area (Å²) in [6, 6.07) is 13.2. The molecule has 1 aliphatic rings. The molecule has 154 valence electrons. The minimum atomic E-state index is -0.254. The van der Waals surface area contributed by atoms with E-state index >= 15 is 0 Å². The Morgan fingerprint density at radius 2 is 1.97 bits per heavy atom. The number of benzene rings is 2. The first kappa shape index (κ1) is 20.7. The average molecular weight is 398 g/mol. The van der Waals surface area contributed by atoms with Crippen molar-refractivity contribution in [3.8, 4) is 11.5 Å². The van der Waals surface area contributed by atoms with E-state index in [1.807, 2.05) is 31.2 Å². The number of nitrogens with one attached hydrogen (secondary N) is 1. The molecule has 1 N–H and O–H groups in total. The third-order valence-corrected chi connectivity index (χ3v) is 4.53. The van der Waals surface area contributed by atoms with E-state index in [1.54, 1.807) is 23.1 Å². The van der Waals surface area contributed by atoms with Crippen molar-refractivity contribution in [3.63, 3.8) is 0 Å². The fourth-order valence-electron chi connectivity index (χ4n) is 3.05. The van der Waals surface area contributed by atoms with E-state index in [-0.39, 0.29) is 25.0 Å². The van der Waals surface area contributed by atoms with Crippen molar-refractivity contribution in [2.45, 2.75) is 19.8 Å². The number of hydrogen-bond acceptors (Lipinski definition) is 5. The molecule has 7 heteroatoms. The van der Waals surface area contributed by atoms with E-state index < -0.39 is 0 Å². The molecule has 2 aromatic carbocycles. The number of amides is 2. The molecule has 7 nitrogen and oxygen atoms in total. The lowest BCUT2D eigenvalue weighted by Gasteiger charge is -2.30. The van der Waals surface area contributed by atoms with Gasteiger partial charge < -0.3 is 24.4 Å². The zero-order chi connectivity index (χ0) is 20.6. The Hall–Kier alpha value is -3.06. The van der Waals surface area contributed by atoms with E-state index in [9.17, 15) is 9.59 Å². The van der Waals surface area contributed by atoms with Gasteiger partial charge in [0, 0.05) is 19.3 Å². The number of fused-ring (bicyclic) bond motifs is 1. The molecule has 0 aromatic heterocycles. The minimum Gasteiger partial charge on any atom is -0.494 e. The molecular formula is C22H26N2O5. The summed E-state index contributed by atoms with van der Waals surface area (Å²) in [5, 5.41) is 2.75. The summed E-state index contributed by atoms with van der Waals surface area (Å²) in [4.78, 5) is 25.8. The van der Waals surface area contributed by atoms with Crippen LogP contribution in [0.1, 0.15) is 18.4 Å². The van der Waals surface area contributed by atoms with Gasteiger partial charge in [-0.05, 0) is 50.1 Å². The SMILES string of the molecule is COCC(=O)Nc1ccc2c(c1)N(CCCCOc1ccc(C)cc1)C(=O)CO2. The Morgan fingerprint density at radius 3 is 2.72 bits per heavy atom. The average Bonchev–Trinajstić information content (AvgIpc) is 2.71. The van der Waals surface area contributed by atoms with E-state index in [0.29, 0.717) is 30.3 Å². The molecule has 1 aliphatic heterocycles. The lowest BCUT2D eigenvalue weighted by molar-refractivity contribution is -0.121. The molecule has 1 heterocycles. The number of carbonyl (C=O) groups is 2. The molecule has 0 fully saturated rings. The summed E-state index contributed by atoms with van der Waals surface area (Å²) in [5.74, 6) is 1.12. The second kappa shape index (κ2) is 9.93. The van der Waals surface area contributed by atoms with Gasteiger partial charge in [-0.1, -0.05) is 17.7 Å². The molecule has 0 bridgehead atoms. The van der Waals surface area contributed by atoms with Crippen LogP contribution < -0.4 is 19.7 Å². The summed E-state index contributed by atoms with van der Waals surface area (Å²) in [5.41, 5.74) is 2.45. The molecule has 3 rings (SSSR count). The number of rotatable bonds is 9. The maximum atomic E-state index is 12.4. The van der Waals surface area contributed by atoms with Crippen LogP contribution in [-0.2, 0) is 14.3 Å². The molecule has 0 aliphatic carbocycles. The Balaban J connectivity index is 1.55. The van der Waals surface area contributed by atoms with Gasteiger partial charge in [0.15, 0.2) is 6.61 Å². The summed E-state index contributed by atoms with van der Waals surface area (Å²) in [6.07, 6.45) is 1.61. The molecule has 2 aromatic rings. The van der Waals surface area contributed by atoms with Crippen LogP contribution in [0.5, 0.6) is 11.5 Å². The first-order chi connectivity index (χ1) is 14.1. The molecule has 0 atom stereocenters. The van der Waals surface area contributed by atoms with Crippen LogP contribution >= 0.6 is 0 Å². The van der Waals surface area contributed by atoms with Crippen LogP contribution in [0.2, 0.25) is 0 Å².